The van der Waals surface area contributed by atoms with E-state index in [1.54, 1.807) is 14.0 Å². The predicted molar refractivity (Wildman–Crippen MR) is 85.1 cm³/mol. The van der Waals surface area contributed by atoms with Crippen LogP contribution in [0.5, 0.6) is 5.75 Å². The van der Waals surface area contributed by atoms with Crippen LogP contribution in [0, 0.1) is 12.7 Å². The molecule has 0 aliphatic rings. The van der Waals surface area contributed by atoms with Crippen LogP contribution < -0.4 is 10.1 Å². The van der Waals surface area contributed by atoms with E-state index in [9.17, 15) is 4.39 Å². The lowest BCUT2D eigenvalue weighted by Crippen LogP contribution is -2.14. The fourth-order valence-electron chi connectivity index (χ4n) is 2.34. The summed E-state index contributed by atoms with van der Waals surface area (Å²) in [5.41, 5.74) is 3.97. The van der Waals surface area contributed by atoms with Gasteiger partial charge >= 0.3 is 0 Å². The van der Waals surface area contributed by atoms with Crippen molar-refractivity contribution in [2.45, 2.75) is 26.8 Å². The molecule has 2 nitrogen and oxygen atoms in total. The Kier molecular flexibility index (Phi) is 5.34. The Labute approximate surface area is 126 Å². The molecule has 0 amide bonds. The normalized spacial score (nSPS) is 10.7. The SMILES string of the molecule is CCCNCc1cc(OC)ccc1-c1ccc(F)c(C)c1. The second kappa shape index (κ2) is 7.23. The molecule has 0 radical (unpaired) electrons. The van der Waals surface area contributed by atoms with Gasteiger partial charge in [0.2, 0.25) is 0 Å². The Morgan fingerprint density at radius 3 is 2.62 bits per heavy atom. The Balaban J connectivity index is 2.38. The second-order valence-corrected chi connectivity index (χ2v) is 5.16. The maximum atomic E-state index is 13.4. The van der Waals surface area contributed by atoms with Gasteiger partial charge in [-0.2, -0.15) is 0 Å². The highest BCUT2D eigenvalue weighted by atomic mass is 19.1. The summed E-state index contributed by atoms with van der Waals surface area (Å²) in [7, 11) is 1.67. The highest BCUT2D eigenvalue weighted by Crippen LogP contribution is 2.28. The zero-order chi connectivity index (χ0) is 15.2. The standard InChI is InChI=1S/C18H22FNO/c1-4-9-20-12-15-11-16(21-3)6-7-17(15)14-5-8-18(19)13(2)10-14/h5-8,10-11,20H,4,9,12H2,1-3H3. The number of nitrogens with one attached hydrogen (secondary N) is 1. The van der Waals surface area contributed by atoms with Crippen molar-refractivity contribution in [3.8, 4) is 16.9 Å². The minimum absolute atomic E-state index is 0.169. The smallest absolute Gasteiger partial charge is 0.126 e. The first kappa shape index (κ1) is 15.5. The largest absolute Gasteiger partial charge is 0.497 e. The Morgan fingerprint density at radius 2 is 1.95 bits per heavy atom. The molecule has 3 heteroatoms. The maximum Gasteiger partial charge on any atom is 0.126 e. The third-order valence-electron chi connectivity index (χ3n) is 3.52. The first-order chi connectivity index (χ1) is 10.2. The summed E-state index contributed by atoms with van der Waals surface area (Å²) in [4.78, 5) is 0. The van der Waals surface area contributed by atoms with Crippen LogP contribution in [0.3, 0.4) is 0 Å². The van der Waals surface area contributed by atoms with Gasteiger partial charge in [0.15, 0.2) is 0 Å². The van der Waals surface area contributed by atoms with Crippen LogP contribution in [0.15, 0.2) is 36.4 Å². The molecule has 2 aromatic rings. The summed E-state index contributed by atoms with van der Waals surface area (Å²) in [6.07, 6.45) is 1.09. The van der Waals surface area contributed by atoms with E-state index in [2.05, 4.69) is 12.2 Å². The van der Waals surface area contributed by atoms with Crippen LogP contribution in [-0.4, -0.2) is 13.7 Å². The molecule has 0 atom stereocenters. The third-order valence-corrected chi connectivity index (χ3v) is 3.52. The molecule has 0 aliphatic heterocycles. The van der Waals surface area contributed by atoms with Crippen LogP contribution in [0.2, 0.25) is 0 Å². The Hall–Kier alpha value is -1.87. The summed E-state index contributed by atoms with van der Waals surface area (Å²) in [6.45, 7) is 5.68. The molecule has 0 saturated heterocycles. The van der Waals surface area contributed by atoms with Gasteiger partial charge in [0.1, 0.15) is 11.6 Å². The summed E-state index contributed by atoms with van der Waals surface area (Å²) in [5.74, 6) is 0.670. The van der Waals surface area contributed by atoms with E-state index in [-0.39, 0.29) is 5.82 Å². The molecule has 0 bridgehead atoms. The molecule has 0 aromatic heterocycles. The fourth-order valence-corrected chi connectivity index (χ4v) is 2.34. The fraction of sp³-hybridized carbons (Fsp3) is 0.333. The topological polar surface area (TPSA) is 21.3 Å². The number of hydrogen-bond acceptors (Lipinski definition) is 2. The van der Waals surface area contributed by atoms with Gasteiger partial charge in [-0.1, -0.05) is 19.1 Å². The van der Waals surface area contributed by atoms with Crippen molar-refractivity contribution in [3.63, 3.8) is 0 Å². The number of ether oxygens (including phenoxy) is 1. The van der Waals surface area contributed by atoms with E-state index in [4.69, 9.17) is 4.74 Å². The van der Waals surface area contributed by atoms with Crippen LogP contribution in [-0.2, 0) is 6.54 Å². The lowest BCUT2D eigenvalue weighted by molar-refractivity contribution is 0.414. The van der Waals surface area contributed by atoms with Crippen molar-refractivity contribution < 1.29 is 9.13 Å². The van der Waals surface area contributed by atoms with E-state index in [1.807, 2.05) is 30.3 Å². The van der Waals surface area contributed by atoms with Crippen molar-refractivity contribution in [3.05, 3.63) is 53.3 Å². The van der Waals surface area contributed by atoms with Gasteiger partial charge in [0, 0.05) is 6.54 Å². The van der Waals surface area contributed by atoms with E-state index in [1.165, 1.54) is 6.07 Å². The van der Waals surface area contributed by atoms with Gasteiger partial charge < -0.3 is 10.1 Å². The maximum absolute atomic E-state index is 13.4. The monoisotopic (exact) mass is 287 g/mol. The van der Waals surface area contributed by atoms with Gasteiger partial charge in [-0.05, 0) is 66.4 Å². The van der Waals surface area contributed by atoms with Crippen LogP contribution in [0.4, 0.5) is 4.39 Å². The van der Waals surface area contributed by atoms with Crippen LogP contribution in [0.1, 0.15) is 24.5 Å². The van der Waals surface area contributed by atoms with Crippen molar-refractivity contribution >= 4 is 0 Å². The molecule has 2 rings (SSSR count). The summed E-state index contributed by atoms with van der Waals surface area (Å²) >= 11 is 0. The number of methoxy groups -OCH3 is 1. The molecule has 21 heavy (non-hydrogen) atoms. The predicted octanol–water partition coefficient (Wildman–Crippen LogP) is 4.31. The molecule has 1 N–H and O–H groups in total. The lowest BCUT2D eigenvalue weighted by Gasteiger charge is -2.13. The van der Waals surface area contributed by atoms with Gasteiger partial charge in [-0.3, -0.25) is 0 Å². The van der Waals surface area contributed by atoms with Gasteiger partial charge in [-0.15, -0.1) is 0 Å². The van der Waals surface area contributed by atoms with Crippen molar-refractivity contribution in [2.24, 2.45) is 0 Å². The zero-order valence-corrected chi connectivity index (χ0v) is 12.9. The first-order valence-electron chi connectivity index (χ1n) is 7.30. The summed E-state index contributed by atoms with van der Waals surface area (Å²) < 4.78 is 18.8. The highest BCUT2D eigenvalue weighted by molar-refractivity contribution is 5.69. The zero-order valence-electron chi connectivity index (χ0n) is 12.9. The number of aryl methyl sites for hydroxylation is 1. The van der Waals surface area contributed by atoms with E-state index in [0.717, 1.165) is 42.0 Å². The number of benzene rings is 2. The molecule has 0 spiro atoms. The lowest BCUT2D eigenvalue weighted by atomic mass is 9.97. The number of halogens is 1. The van der Waals surface area contributed by atoms with Gasteiger partial charge in [0.05, 0.1) is 7.11 Å². The van der Waals surface area contributed by atoms with E-state index < -0.39 is 0 Å². The third kappa shape index (κ3) is 3.82. The minimum atomic E-state index is -0.169. The molecule has 0 unspecified atom stereocenters. The van der Waals surface area contributed by atoms with Gasteiger partial charge in [-0.25, -0.2) is 4.39 Å². The van der Waals surface area contributed by atoms with Crippen molar-refractivity contribution in [1.82, 2.24) is 5.32 Å². The minimum Gasteiger partial charge on any atom is -0.497 e. The highest BCUT2D eigenvalue weighted by Gasteiger charge is 2.08. The van der Waals surface area contributed by atoms with E-state index in [0.29, 0.717) is 5.56 Å². The van der Waals surface area contributed by atoms with Crippen molar-refractivity contribution in [1.29, 1.82) is 0 Å². The average Bonchev–Trinajstić information content (AvgIpc) is 2.50. The molecule has 2 aromatic carbocycles. The Morgan fingerprint density at radius 1 is 1.14 bits per heavy atom. The quantitative estimate of drug-likeness (QED) is 0.799. The average molecular weight is 287 g/mol. The summed E-state index contributed by atoms with van der Waals surface area (Å²) in [5, 5.41) is 3.41. The molecular weight excluding hydrogens is 265 g/mol. The van der Waals surface area contributed by atoms with Crippen LogP contribution >= 0.6 is 0 Å². The van der Waals surface area contributed by atoms with Crippen molar-refractivity contribution in [2.75, 3.05) is 13.7 Å². The molecule has 0 heterocycles. The van der Waals surface area contributed by atoms with Crippen LogP contribution in [0.25, 0.3) is 11.1 Å². The summed E-state index contributed by atoms with van der Waals surface area (Å²) in [6, 6.07) is 11.3. The molecule has 0 saturated carbocycles. The Bertz CT molecular complexity index is 610. The first-order valence-corrected chi connectivity index (χ1v) is 7.30. The van der Waals surface area contributed by atoms with Gasteiger partial charge in [0.25, 0.3) is 0 Å². The second-order valence-electron chi connectivity index (χ2n) is 5.16. The van der Waals surface area contributed by atoms with E-state index >= 15 is 0 Å². The molecular formula is C18H22FNO. The number of hydrogen-bond donors (Lipinski definition) is 1. The number of rotatable bonds is 6. The molecule has 0 fully saturated rings. The molecule has 112 valence electrons. The molecule has 0 aliphatic carbocycles.